The van der Waals surface area contributed by atoms with Crippen LogP contribution in [-0.4, -0.2) is 18.6 Å². The number of rotatable bonds is 4. The molecule has 3 heteroatoms. The average molecular weight is 247 g/mol. The Hall–Kier alpha value is -1.35. The first-order valence-corrected chi connectivity index (χ1v) is 6.69. The lowest BCUT2D eigenvalue weighted by atomic mass is 9.90. The van der Waals surface area contributed by atoms with Crippen LogP contribution < -0.4 is 5.32 Å². The first-order valence-electron chi connectivity index (χ1n) is 6.69. The van der Waals surface area contributed by atoms with E-state index in [-0.39, 0.29) is 18.6 Å². The molecule has 0 saturated carbocycles. The summed E-state index contributed by atoms with van der Waals surface area (Å²) in [5.74, 6) is -0.0670. The molecule has 0 bridgehead atoms. The molecule has 1 N–H and O–H groups in total. The summed E-state index contributed by atoms with van der Waals surface area (Å²) >= 11 is 0. The quantitative estimate of drug-likeness (QED) is 0.888. The smallest absolute Gasteiger partial charge is 0.250 e. The molecule has 18 heavy (non-hydrogen) atoms. The standard InChI is InChI=1S/C15H21NO2/c1-11(2)18-10-15(17)16-14-9-5-7-12-6-3-4-8-13(12)14/h5,7,9,11H,3-4,6,8,10H2,1-2H3,(H,16,17). The van der Waals surface area contributed by atoms with Crippen molar-refractivity contribution < 1.29 is 9.53 Å². The summed E-state index contributed by atoms with van der Waals surface area (Å²) in [5, 5.41) is 2.96. The van der Waals surface area contributed by atoms with E-state index >= 15 is 0 Å². The fraction of sp³-hybridized carbons (Fsp3) is 0.533. The van der Waals surface area contributed by atoms with Crippen molar-refractivity contribution >= 4 is 11.6 Å². The molecule has 1 aromatic rings. The van der Waals surface area contributed by atoms with Gasteiger partial charge >= 0.3 is 0 Å². The Morgan fingerprint density at radius 2 is 2.11 bits per heavy atom. The molecule has 0 fully saturated rings. The van der Waals surface area contributed by atoms with Crippen molar-refractivity contribution in [3.63, 3.8) is 0 Å². The summed E-state index contributed by atoms with van der Waals surface area (Å²) in [6, 6.07) is 6.16. The zero-order valence-corrected chi connectivity index (χ0v) is 11.2. The van der Waals surface area contributed by atoms with E-state index in [0.717, 1.165) is 18.5 Å². The van der Waals surface area contributed by atoms with Crippen LogP contribution in [0.3, 0.4) is 0 Å². The maximum absolute atomic E-state index is 11.8. The second-order valence-corrected chi connectivity index (χ2v) is 5.06. The van der Waals surface area contributed by atoms with Crippen molar-refractivity contribution in [1.82, 2.24) is 0 Å². The largest absolute Gasteiger partial charge is 0.369 e. The van der Waals surface area contributed by atoms with Crippen molar-refractivity contribution in [1.29, 1.82) is 0 Å². The van der Waals surface area contributed by atoms with Gasteiger partial charge in [-0.25, -0.2) is 0 Å². The number of amides is 1. The normalized spacial score (nSPS) is 14.4. The molecule has 0 atom stereocenters. The summed E-state index contributed by atoms with van der Waals surface area (Å²) in [5.41, 5.74) is 3.65. The van der Waals surface area contributed by atoms with Gasteiger partial charge in [0.15, 0.2) is 0 Å². The van der Waals surface area contributed by atoms with Crippen molar-refractivity contribution in [3.8, 4) is 0 Å². The lowest BCUT2D eigenvalue weighted by Crippen LogP contribution is -2.22. The second kappa shape index (κ2) is 6.01. The van der Waals surface area contributed by atoms with Gasteiger partial charge in [-0.3, -0.25) is 4.79 Å². The summed E-state index contributed by atoms with van der Waals surface area (Å²) in [6.45, 7) is 3.98. The monoisotopic (exact) mass is 247 g/mol. The summed E-state index contributed by atoms with van der Waals surface area (Å²) in [4.78, 5) is 11.8. The number of anilines is 1. The molecule has 0 spiro atoms. The molecule has 0 aromatic heterocycles. The van der Waals surface area contributed by atoms with E-state index in [4.69, 9.17) is 4.74 Å². The first-order chi connectivity index (χ1) is 8.66. The van der Waals surface area contributed by atoms with E-state index in [1.54, 1.807) is 0 Å². The number of aryl methyl sites for hydroxylation is 1. The first kappa shape index (κ1) is 13.1. The lowest BCUT2D eigenvalue weighted by molar-refractivity contribution is -0.121. The molecule has 0 aliphatic heterocycles. The Morgan fingerprint density at radius 1 is 1.33 bits per heavy atom. The van der Waals surface area contributed by atoms with Gasteiger partial charge in [0.25, 0.3) is 0 Å². The number of carbonyl (C=O) groups is 1. The van der Waals surface area contributed by atoms with Crippen molar-refractivity contribution in [2.45, 2.75) is 45.6 Å². The highest BCUT2D eigenvalue weighted by Crippen LogP contribution is 2.27. The van der Waals surface area contributed by atoms with Crippen LogP contribution >= 0.6 is 0 Å². The zero-order chi connectivity index (χ0) is 13.0. The van der Waals surface area contributed by atoms with Crippen LogP contribution in [0.5, 0.6) is 0 Å². The van der Waals surface area contributed by atoms with Gasteiger partial charge in [0.1, 0.15) is 6.61 Å². The molecule has 0 heterocycles. The zero-order valence-electron chi connectivity index (χ0n) is 11.2. The molecule has 2 rings (SSSR count). The van der Waals surface area contributed by atoms with E-state index in [9.17, 15) is 4.79 Å². The van der Waals surface area contributed by atoms with E-state index in [1.165, 1.54) is 24.0 Å². The van der Waals surface area contributed by atoms with Crippen molar-refractivity contribution in [2.75, 3.05) is 11.9 Å². The maximum Gasteiger partial charge on any atom is 0.250 e. The summed E-state index contributed by atoms with van der Waals surface area (Å²) < 4.78 is 5.31. The molecule has 3 nitrogen and oxygen atoms in total. The van der Waals surface area contributed by atoms with Gasteiger partial charge in [0.2, 0.25) is 5.91 Å². The molecule has 1 aliphatic carbocycles. The second-order valence-electron chi connectivity index (χ2n) is 5.06. The number of nitrogens with one attached hydrogen (secondary N) is 1. The minimum atomic E-state index is -0.0670. The van der Waals surface area contributed by atoms with Crippen LogP contribution in [-0.2, 0) is 22.4 Å². The fourth-order valence-electron chi connectivity index (χ4n) is 2.33. The SMILES string of the molecule is CC(C)OCC(=O)Nc1cccc2c1CCCC2. The minimum absolute atomic E-state index is 0.0670. The van der Waals surface area contributed by atoms with Crippen LogP contribution in [0.25, 0.3) is 0 Å². The third kappa shape index (κ3) is 3.33. The number of hydrogen-bond acceptors (Lipinski definition) is 2. The molecule has 98 valence electrons. The number of fused-ring (bicyclic) bond motifs is 1. The molecule has 1 amide bonds. The lowest BCUT2D eigenvalue weighted by Gasteiger charge is -2.19. The number of ether oxygens (including phenoxy) is 1. The highest BCUT2D eigenvalue weighted by atomic mass is 16.5. The number of carbonyl (C=O) groups excluding carboxylic acids is 1. The van der Waals surface area contributed by atoms with Gasteiger partial charge in [-0.05, 0) is 56.7 Å². The van der Waals surface area contributed by atoms with E-state index in [1.807, 2.05) is 26.0 Å². The predicted molar refractivity (Wildman–Crippen MR) is 72.8 cm³/mol. The Morgan fingerprint density at radius 3 is 2.89 bits per heavy atom. The molecule has 0 saturated heterocycles. The molecule has 0 unspecified atom stereocenters. The van der Waals surface area contributed by atoms with Crippen LogP contribution in [0.1, 0.15) is 37.8 Å². The van der Waals surface area contributed by atoms with E-state index in [2.05, 4.69) is 11.4 Å². The highest BCUT2D eigenvalue weighted by Gasteiger charge is 2.14. The van der Waals surface area contributed by atoms with Crippen molar-refractivity contribution in [3.05, 3.63) is 29.3 Å². The Labute approximate surface area is 109 Å². The van der Waals surface area contributed by atoms with Crippen molar-refractivity contribution in [2.24, 2.45) is 0 Å². The van der Waals surface area contributed by atoms with Crippen LogP contribution in [0, 0.1) is 0 Å². The Bertz CT molecular complexity index is 427. The summed E-state index contributed by atoms with van der Waals surface area (Å²) in [7, 11) is 0. The van der Waals surface area contributed by atoms with Crippen LogP contribution in [0.4, 0.5) is 5.69 Å². The molecule has 0 radical (unpaired) electrons. The topological polar surface area (TPSA) is 38.3 Å². The minimum Gasteiger partial charge on any atom is -0.369 e. The molecular weight excluding hydrogens is 226 g/mol. The van der Waals surface area contributed by atoms with Gasteiger partial charge < -0.3 is 10.1 Å². The maximum atomic E-state index is 11.8. The third-order valence-corrected chi connectivity index (χ3v) is 3.22. The third-order valence-electron chi connectivity index (χ3n) is 3.22. The Balaban J connectivity index is 2.03. The number of benzene rings is 1. The van der Waals surface area contributed by atoms with Gasteiger partial charge in [-0.15, -0.1) is 0 Å². The Kier molecular flexibility index (Phi) is 4.37. The van der Waals surface area contributed by atoms with Crippen LogP contribution in [0.2, 0.25) is 0 Å². The van der Waals surface area contributed by atoms with E-state index in [0.29, 0.717) is 0 Å². The van der Waals surface area contributed by atoms with Gasteiger partial charge in [-0.2, -0.15) is 0 Å². The molecular formula is C15H21NO2. The van der Waals surface area contributed by atoms with Crippen LogP contribution in [0.15, 0.2) is 18.2 Å². The number of hydrogen-bond donors (Lipinski definition) is 1. The van der Waals surface area contributed by atoms with Gasteiger partial charge in [0.05, 0.1) is 6.10 Å². The molecule has 1 aromatic carbocycles. The molecule has 1 aliphatic rings. The van der Waals surface area contributed by atoms with Gasteiger partial charge in [0, 0.05) is 5.69 Å². The average Bonchev–Trinajstić information content (AvgIpc) is 2.37. The predicted octanol–water partition coefficient (Wildman–Crippen LogP) is 2.93. The highest BCUT2D eigenvalue weighted by molar-refractivity contribution is 5.92. The fourth-order valence-corrected chi connectivity index (χ4v) is 2.33. The summed E-state index contributed by atoms with van der Waals surface area (Å²) in [6.07, 6.45) is 4.74. The van der Waals surface area contributed by atoms with E-state index < -0.39 is 0 Å². The van der Waals surface area contributed by atoms with Gasteiger partial charge in [-0.1, -0.05) is 12.1 Å².